The van der Waals surface area contributed by atoms with Crippen molar-refractivity contribution in [2.24, 2.45) is 0 Å². The predicted octanol–water partition coefficient (Wildman–Crippen LogP) is 2.94. The molecule has 1 N–H and O–H groups in total. The molecule has 4 heteroatoms. The molecule has 0 saturated carbocycles. The minimum absolute atomic E-state index is 0.0186. The largest absolute Gasteiger partial charge is 0.388 e. The molecule has 94 valence electrons. The average molecular weight is 249 g/mol. The second kappa shape index (κ2) is 5.23. The Morgan fingerprint density at radius 2 is 1.78 bits per heavy atom. The van der Waals surface area contributed by atoms with Crippen molar-refractivity contribution < 1.29 is 13.9 Å². The molecule has 0 aliphatic rings. The summed E-state index contributed by atoms with van der Waals surface area (Å²) in [7, 11) is 0. The Hall–Kier alpha value is -1.81. The van der Waals surface area contributed by atoms with E-state index in [1.807, 2.05) is 0 Å². The number of aliphatic hydroxyl groups excluding tert-OH is 1. The van der Waals surface area contributed by atoms with Gasteiger partial charge >= 0.3 is 0 Å². The van der Waals surface area contributed by atoms with Gasteiger partial charge in [-0.1, -0.05) is 12.1 Å². The van der Waals surface area contributed by atoms with Crippen LogP contribution in [0.5, 0.6) is 0 Å². The molecule has 2 nitrogen and oxygen atoms in total. The van der Waals surface area contributed by atoms with Crippen LogP contribution >= 0.6 is 0 Å². The van der Waals surface area contributed by atoms with Crippen LogP contribution in [0.25, 0.3) is 0 Å². The van der Waals surface area contributed by atoms with Crippen molar-refractivity contribution in [1.29, 1.82) is 0 Å². The molecular weight excluding hydrogens is 236 g/mol. The fourth-order valence-electron chi connectivity index (χ4n) is 1.77. The highest BCUT2D eigenvalue weighted by molar-refractivity contribution is 5.28. The van der Waals surface area contributed by atoms with Gasteiger partial charge in [0.1, 0.15) is 0 Å². The van der Waals surface area contributed by atoms with Crippen molar-refractivity contribution in [2.45, 2.75) is 19.4 Å². The maximum Gasteiger partial charge on any atom is 0.164 e. The zero-order valence-electron chi connectivity index (χ0n) is 9.90. The summed E-state index contributed by atoms with van der Waals surface area (Å²) in [6.07, 6.45) is 2.34. The zero-order valence-corrected chi connectivity index (χ0v) is 9.90. The Bertz CT molecular complexity index is 543. The molecular formula is C14H13F2NO. The number of aryl methyl sites for hydroxylation is 1. The van der Waals surface area contributed by atoms with Crippen LogP contribution in [0.1, 0.15) is 22.8 Å². The van der Waals surface area contributed by atoms with E-state index < -0.39 is 17.7 Å². The molecule has 18 heavy (non-hydrogen) atoms. The first-order chi connectivity index (χ1) is 8.59. The van der Waals surface area contributed by atoms with Crippen LogP contribution in [0.4, 0.5) is 8.78 Å². The number of halogens is 2. The highest BCUT2D eigenvalue weighted by Gasteiger charge is 2.17. The Labute approximate surface area is 104 Å². The number of rotatable bonds is 3. The lowest BCUT2D eigenvalue weighted by molar-refractivity contribution is 0.172. The van der Waals surface area contributed by atoms with Crippen LogP contribution in [0.15, 0.2) is 36.7 Å². The number of nitrogens with zero attached hydrogens (tertiary/aromatic N) is 1. The minimum atomic E-state index is -1.07. The third-order valence-electron chi connectivity index (χ3n) is 2.84. The monoisotopic (exact) mass is 249 g/mol. The molecule has 0 aliphatic heterocycles. The normalized spacial score (nSPS) is 12.4. The first-order valence-corrected chi connectivity index (χ1v) is 5.61. The van der Waals surface area contributed by atoms with Crippen molar-refractivity contribution in [3.8, 4) is 0 Å². The van der Waals surface area contributed by atoms with Gasteiger partial charge < -0.3 is 5.11 Å². The van der Waals surface area contributed by atoms with Crippen molar-refractivity contribution in [3.05, 3.63) is 65.0 Å². The van der Waals surface area contributed by atoms with Crippen LogP contribution in [0.2, 0.25) is 0 Å². The molecule has 0 saturated heterocycles. The van der Waals surface area contributed by atoms with E-state index in [0.717, 1.165) is 5.56 Å². The molecule has 1 unspecified atom stereocenters. The van der Waals surface area contributed by atoms with E-state index in [0.29, 0.717) is 0 Å². The highest BCUT2D eigenvalue weighted by Crippen LogP contribution is 2.24. The van der Waals surface area contributed by atoms with Gasteiger partial charge in [0, 0.05) is 24.4 Å². The standard InChI is InChI=1S/C14H13F2NO/c1-9-2-3-11(14(16)13(9)15)12(18)8-10-4-6-17-7-5-10/h2-7,12,18H,8H2,1H3. The number of aromatic nitrogens is 1. The average Bonchev–Trinajstić information content (AvgIpc) is 2.37. The number of benzene rings is 1. The van der Waals surface area contributed by atoms with E-state index in [-0.39, 0.29) is 17.5 Å². The number of hydrogen-bond donors (Lipinski definition) is 1. The topological polar surface area (TPSA) is 33.1 Å². The minimum Gasteiger partial charge on any atom is -0.388 e. The first kappa shape index (κ1) is 12.6. The number of pyridine rings is 1. The Kier molecular flexibility index (Phi) is 3.67. The molecule has 1 aromatic carbocycles. The van der Waals surface area contributed by atoms with Gasteiger partial charge in [-0.3, -0.25) is 4.98 Å². The number of hydrogen-bond acceptors (Lipinski definition) is 2. The molecule has 0 amide bonds. The molecule has 1 heterocycles. The lowest BCUT2D eigenvalue weighted by Crippen LogP contribution is -2.06. The van der Waals surface area contributed by atoms with E-state index in [1.165, 1.54) is 19.1 Å². The Morgan fingerprint density at radius 3 is 2.44 bits per heavy atom. The van der Waals surface area contributed by atoms with Crippen molar-refractivity contribution in [1.82, 2.24) is 4.98 Å². The van der Waals surface area contributed by atoms with Gasteiger partial charge in [0.25, 0.3) is 0 Å². The summed E-state index contributed by atoms with van der Waals surface area (Å²) in [6.45, 7) is 1.48. The molecule has 0 radical (unpaired) electrons. The Balaban J connectivity index is 2.24. The highest BCUT2D eigenvalue weighted by atomic mass is 19.2. The number of aliphatic hydroxyl groups is 1. The smallest absolute Gasteiger partial charge is 0.164 e. The van der Waals surface area contributed by atoms with Crippen molar-refractivity contribution in [3.63, 3.8) is 0 Å². The summed E-state index contributed by atoms with van der Waals surface area (Å²) in [5, 5.41) is 9.94. The van der Waals surface area contributed by atoms with Gasteiger partial charge in [-0.25, -0.2) is 8.78 Å². The molecule has 1 atom stereocenters. The quantitative estimate of drug-likeness (QED) is 0.907. The summed E-state index contributed by atoms with van der Waals surface area (Å²) in [6, 6.07) is 6.33. The summed E-state index contributed by atoms with van der Waals surface area (Å²) in [5.74, 6) is -1.88. The molecule has 1 aromatic heterocycles. The molecule has 0 bridgehead atoms. The summed E-state index contributed by atoms with van der Waals surface area (Å²) < 4.78 is 27.1. The summed E-state index contributed by atoms with van der Waals surface area (Å²) in [5.41, 5.74) is 1.03. The van der Waals surface area contributed by atoms with Gasteiger partial charge in [-0.05, 0) is 30.2 Å². The van der Waals surface area contributed by atoms with E-state index in [1.54, 1.807) is 24.5 Å². The summed E-state index contributed by atoms with van der Waals surface area (Å²) in [4.78, 5) is 3.85. The maximum atomic E-state index is 13.7. The second-order valence-electron chi connectivity index (χ2n) is 4.18. The van der Waals surface area contributed by atoms with E-state index in [2.05, 4.69) is 4.98 Å². The van der Waals surface area contributed by atoms with Crippen LogP contribution in [0, 0.1) is 18.6 Å². The van der Waals surface area contributed by atoms with Crippen molar-refractivity contribution >= 4 is 0 Å². The molecule has 0 spiro atoms. The second-order valence-corrected chi connectivity index (χ2v) is 4.18. The molecule has 2 aromatic rings. The molecule has 0 aliphatic carbocycles. The van der Waals surface area contributed by atoms with Gasteiger partial charge in [-0.15, -0.1) is 0 Å². The SMILES string of the molecule is Cc1ccc(C(O)Cc2ccncc2)c(F)c1F. The lowest BCUT2D eigenvalue weighted by atomic mass is 10.0. The van der Waals surface area contributed by atoms with E-state index >= 15 is 0 Å². The zero-order chi connectivity index (χ0) is 13.1. The van der Waals surface area contributed by atoms with Gasteiger partial charge in [0.2, 0.25) is 0 Å². The summed E-state index contributed by atoms with van der Waals surface area (Å²) >= 11 is 0. The third-order valence-corrected chi connectivity index (χ3v) is 2.84. The van der Waals surface area contributed by atoms with Crippen LogP contribution in [0.3, 0.4) is 0 Å². The van der Waals surface area contributed by atoms with Crippen LogP contribution in [-0.2, 0) is 6.42 Å². The molecule has 0 fully saturated rings. The molecule has 2 rings (SSSR count). The van der Waals surface area contributed by atoms with Crippen LogP contribution < -0.4 is 0 Å². The maximum absolute atomic E-state index is 13.7. The van der Waals surface area contributed by atoms with E-state index in [9.17, 15) is 13.9 Å². The lowest BCUT2D eigenvalue weighted by Gasteiger charge is -2.13. The van der Waals surface area contributed by atoms with Gasteiger partial charge in [0.05, 0.1) is 6.10 Å². The fourth-order valence-corrected chi connectivity index (χ4v) is 1.77. The Morgan fingerprint density at radius 1 is 1.11 bits per heavy atom. The predicted molar refractivity (Wildman–Crippen MR) is 64.0 cm³/mol. The van der Waals surface area contributed by atoms with E-state index in [4.69, 9.17) is 0 Å². The van der Waals surface area contributed by atoms with Gasteiger partial charge in [-0.2, -0.15) is 0 Å². The fraction of sp³-hybridized carbons (Fsp3) is 0.214. The first-order valence-electron chi connectivity index (χ1n) is 5.61. The third kappa shape index (κ3) is 2.54. The van der Waals surface area contributed by atoms with Crippen LogP contribution in [-0.4, -0.2) is 10.1 Å². The van der Waals surface area contributed by atoms with Gasteiger partial charge in [0.15, 0.2) is 11.6 Å². The van der Waals surface area contributed by atoms with Crippen molar-refractivity contribution in [2.75, 3.05) is 0 Å².